The van der Waals surface area contributed by atoms with Crippen LogP contribution in [-0.2, 0) is 17.8 Å². The van der Waals surface area contributed by atoms with Crippen LogP contribution in [0, 0.1) is 13.8 Å². The zero-order chi connectivity index (χ0) is 17.1. The molecule has 0 radical (unpaired) electrons. The lowest BCUT2D eigenvalue weighted by molar-refractivity contribution is -0.129. The second-order valence-corrected chi connectivity index (χ2v) is 6.37. The van der Waals surface area contributed by atoms with Gasteiger partial charge in [0.25, 0.3) is 0 Å². The normalized spacial score (nSPS) is 10.8. The van der Waals surface area contributed by atoms with Gasteiger partial charge in [-0.15, -0.1) is 0 Å². The molecular weight excluding hydrogens is 296 g/mol. The Hall–Kier alpha value is -2.68. The molecule has 0 aliphatic heterocycles. The predicted molar refractivity (Wildman–Crippen MR) is 97.8 cm³/mol. The maximum atomic E-state index is 12.6. The summed E-state index contributed by atoms with van der Waals surface area (Å²) < 4.78 is 0. The second-order valence-electron chi connectivity index (χ2n) is 6.37. The smallest absolute Gasteiger partial charge is 0.227 e. The topological polar surface area (TPSA) is 33.2 Å². The van der Waals surface area contributed by atoms with Gasteiger partial charge < -0.3 is 4.90 Å². The lowest BCUT2D eigenvalue weighted by Gasteiger charge is -2.19. The van der Waals surface area contributed by atoms with Gasteiger partial charge in [-0.25, -0.2) is 0 Å². The molecule has 2 aromatic carbocycles. The molecule has 3 nitrogen and oxygen atoms in total. The van der Waals surface area contributed by atoms with Gasteiger partial charge in [0.15, 0.2) is 0 Å². The minimum absolute atomic E-state index is 0.134. The van der Waals surface area contributed by atoms with E-state index >= 15 is 0 Å². The molecule has 122 valence electrons. The molecule has 0 bridgehead atoms. The van der Waals surface area contributed by atoms with Crippen molar-refractivity contribution in [2.75, 3.05) is 7.05 Å². The fraction of sp³-hybridized carbons (Fsp3) is 0.238. The van der Waals surface area contributed by atoms with Gasteiger partial charge in [0.2, 0.25) is 5.91 Å². The summed E-state index contributed by atoms with van der Waals surface area (Å²) in [7, 11) is 1.87. The third kappa shape index (κ3) is 3.46. The van der Waals surface area contributed by atoms with Crippen LogP contribution < -0.4 is 0 Å². The summed E-state index contributed by atoms with van der Waals surface area (Å²) in [5, 5.41) is 2.25. The van der Waals surface area contributed by atoms with Crippen LogP contribution in [0.5, 0.6) is 0 Å². The average molecular weight is 318 g/mol. The number of hydrogen-bond acceptors (Lipinski definition) is 2. The van der Waals surface area contributed by atoms with E-state index in [1.165, 1.54) is 11.1 Å². The fourth-order valence-electron chi connectivity index (χ4n) is 2.96. The molecule has 0 aliphatic carbocycles. The Balaban J connectivity index is 1.77. The van der Waals surface area contributed by atoms with E-state index in [2.05, 4.69) is 43.1 Å². The van der Waals surface area contributed by atoms with Gasteiger partial charge in [0.1, 0.15) is 0 Å². The van der Waals surface area contributed by atoms with Crippen LogP contribution in [0.4, 0.5) is 0 Å². The number of aromatic nitrogens is 1. The number of carbonyl (C=O) groups excluding carboxylic acids is 1. The van der Waals surface area contributed by atoms with Crippen molar-refractivity contribution in [3.8, 4) is 0 Å². The molecule has 3 rings (SSSR count). The molecule has 1 amide bonds. The summed E-state index contributed by atoms with van der Waals surface area (Å²) in [6.07, 6.45) is 4.09. The monoisotopic (exact) mass is 318 g/mol. The number of hydrogen-bond donors (Lipinski definition) is 0. The third-order valence-corrected chi connectivity index (χ3v) is 4.45. The molecule has 0 atom stereocenters. The number of amides is 1. The van der Waals surface area contributed by atoms with E-state index < -0.39 is 0 Å². The number of nitrogens with zero attached hydrogens (tertiary/aromatic N) is 2. The van der Waals surface area contributed by atoms with Gasteiger partial charge in [0.05, 0.1) is 6.42 Å². The van der Waals surface area contributed by atoms with Crippen LogP contribution in [0.1, 0.15) is 22.3 Å². The summed E-state index contributed by atoms with van der Waals surface area (Å²) in [6.45, 7) is 4.71. The Morgan fingerprint density at radius 1 is 1.08 bits per heavy atom. The first kappa shape index (κ1) is 16.2. The molecule has 0 fully saturated rings. The molecule has 0 saturated heterocycles. The number of aryl methyl sites for hydroxylation is 2. The number of likely N-dealkylation sites (N-methyl/N-ethyl adjacent to an activating group) is 1. The molecular formula is C21H22N2O. The summed E-state index contributed by atoms with van der Waals surface area (Å²) in [6, 6.07) is 14.4. The molecule has 0 unspecified atom stereocenters. The van der Waals surface area contributed by atoms with E-state index in [1.54, 1.807) is 11.1 Å². The number of fused-ring (bicyclic) bond motifs is 1. The largest absolute Gasteiger partial charge is 0.341 e. The van der Waals surface area contributed by atoms with Gasteiger partial charge in [-0.05, 0) is 42.0 Å². The van der Waals surface area contributed by atoms with E-state index in [4.69, 9.17) is 0 Å². The summed E-state index contributed by atoms with van der Waals surface area (Å²) >= 11 is 0. The van der Waals surface area contributed by atoms with E-state index in [0.717, 1.165) is 21.9 Å². The number of pyridine rings is 1. The standard InChI is InChI=1S/C21H22N2O/c1-15-7-8-16(2)19(11-15)12-21(24)23(3)14-18-6-4-5-17-13-22-10-9-20(17)18/h4-11,13H,12,14H2,1-3H3. The number of rotatable bonds is 4. The molecule has 0 saturated carbocycles. The first-order chi connectivity index (χ1) is 11.5. The Bertz CT molecular complexity index is 881. The van der Waals surface area contributed by atoms with Crippen LogP contribution in [0.25, 0.3) is 10.8 Å². The zero-order valence-electron chi connectivity index (χ0n) is 14.4. The minimum Gasteiger partial charge on any atom is -0.341 e. The van der Waals surface area contributed by atoms with Crippen molar-refractivity contribution in [1.29, 1.82) is 0 Å². The Morgan fingerprint density at radius 3 is 2.75 bits per heavy atom. The number of benzene rings is 2. The maximum Gasteiger partial charge on any atom is 0.227 e. The van der Waals surface area contributed by atoms with Crippen molar-refractivity contribution < 1.29 is 4.79 Å². The molecule has 0 spiro atoms. The van der Waals surface area contributed by atoms with E-state index in [9.17, 15) is 4.79 Å². The highest BCUT2D eigenvalue weighted by molar-refractivity contribution is 5.85. The fourth-order valence-corrected chi connectivity index (χ4v) is 2.96. The highest BCUT2D eigenvalue weighted by Crippen LogP contribution is 2.19. The first-order valence-corrected chi connectivity index (χ1v) is 8.16. The average Bonchev–Trinajstić information content (AvgIpc) is 2.58. The van der Waals surface area contributed by atoms with Gasteiger partial charge in [0, 0.05) is 31.4 Å². The summed E-state index contributed by atoms with van der Waals surface area (Å²) in [5.74, 6) is 0.134. The molecule has 0 aliphatic rings. The maximum absolute atomic E-state index is 12.6. The summed E-state index contributed by atoms with van der Waals surface area (Å²) in [5.41, 5.74) is 4.60. The van der Waals surface area contributed by atoms with Crippen molar-refractivity contribution in [2.45, 2.75) is 26.8 Å². The van der Waals surface area contributed by atoms with Crippen LogP contribution >= 0.6 is 0 Å². The van der Waals surface area contributed by atoms with Gasteiger partial charge >= 0.3 is 0 Å². The first-order valence-electron chi connectivity index (χ1n) is 8.16. The molecule has 1 aromatic heterocycles. The van der Waals surface area contributed by atoms with Crippen LogP contribution in [0.2, 0.25) is 0 Å². The lowest BCUT2D eigenvalue weighted by atomic mass is 10.0. The zero-order valence-corrected chi connectivity index (χ0v) is 14.4. The lowest BCUT2D eigenvalue weighted by Crippen LogP contribution is -2.28. The molecule has 1 heterocycles. The second kappa shape index (κ2) is 6.83. The molecule has 0 N–H and O–H groups in total. The number of carbonyl (C=O) groups is 1. The van der Waals surface area contributed by atoms with Gasteiger partial charge in [-0.2, -0.15) is 0 Å². The van der Waals surface area contributed by atoms with Crippen molar-refractivity contribution in [1.82, 2.24) is 9.88 Å². The van der Waals surface area contributed by atoms with Crippen molar-refractivity contribution in [3.63, 3.8) is 0 Å². The van der Waals surface area contributed by atoms with E-state index in [1.807, 2.05) is 31.4 Å². The summed E-state index contributed by atoms with van der Waals surface area (Å²) in [4.78, 5) is 18.6. The van der Waals surface area contributed by atoms with Crippen molar-refractivity contribution >= 4 is 16.7 Å². The quantitative estimate of drug-likeness (QED) is 0.727. The molecule has 3 aromatic rings. The highest BCUT2D eigenvalue weighted by Gasteiger charge is 2.13. The van der Waals surface area contributed by atoms with Crippen LogP contribution in [-0.4, -0.2) is 22.8 Å². The Kier molecular flexibility index (Phi) is 4.61. The van der Waals surface area contributed by atoms with Gasteiger partial charge in [-0.3, -0.25) is 9.78 Å². The Morgan fingerprint density at radius 2 is 1.92 bits per heavy atom. The predicted octanol–water partition coefficient (Wildman–Crippen LogP) is 4.05. The molecule has 3 heteroatoms. The third-order valence-electron chi connectivity index (χ3n) is 4.45. The highest BCUT2D eigenvalue weighted by atomic mass is 16.2. The van der Waals surface area contributed by atoms with Crippen molar-refractivity contribution in [3.05, 3.63) is 77.1 Å². The minimum atomic E-state index is 0.134. The van der Waals surface area contributed by atoms with Crippen LogP contribution in [0.15, 0.2) is 54.9 Å². The SMILES string of the molecule is Cc1ccc(C)c(CC(=O)N(C)Cc2cccc3cnccc23)c1. The van der Waals surface area contributed by atoms with E-state index in [0.29, 0.717) is 13.0 Å². The van der Waals surface area contributed by atoms with Crippen LogP contribution in [0.3, 0.4) is 0 Å². The molecule has 24 heavy (non-hydrogen) atoms. The van der Waals surface area contributed by atoms with Crippen molar-refractivity contribution in [2.24, 2.45) is 0 Å². The van der Waals surface area contributed by atoms with Gasteiger partial charge in [-0.1, -0.05) is 42.0 Å². The Labute approximate surface area is 143 Å². The van der Waals surface area contributed by atoms with E-state index in [-0.39, 0.29) is 5.91 Å².